The summed E-state index contributed by atoms with van der Waals surface area (Å²) >= 11 is 0. The van der Waals surface area contributed by atoms with Crippen molar-refractivity contribution in [3.05, 3.63) is 29.8 Å². The van der Waals surface area contributed by atoms with Gasteiger partial charge in [0.2, 0.25) is 0 Å². The van der Waals surface area contributed by atoms with Crippen LogP contribution in [0.3, 0.4) is 0 Å². The number of hydrogen-bond acceptors (Lipinski definition) is 3. The van der Waals surface area contributed by atoms with Crippen molar-refractivity contribution in [2.24, 2.45) is 4.99 Å². The van der Waals surface area contributed by atoms with E-state index in [4.69, 9.17) is 9.47 Å². The largest absolute Gasteiger partial charge is 0.484 e. The fourth-order valence-corrected chi connectivity index (χ4v) is 1.83. The Bertz CT molecular complexity index is 514. The van der Waals surface area contributed by atoms with E-state index in [0.29, 0.717) is 32.2 Å². The minimum atomic E-state index is -4.35. The smallest absolute Gasteiger partial charge is 0.422 e. The Labute approximate surface area is 163 Å². The molecule has 0 fully saturated rings. The highest BCUT2D eigenvalue weighted by Gasteiger charge is 2.28. The summed E-state index contributed by atoms with van der Waals surface area (Å²) in [7, 11) is 1.65. The first-order valence-electron chi connectivity index (χ1n) is 7.74. The van der Waals surface area contributed by atoms with Crippen molar-refractivity contribution < 1.29 is 22.6 Å². The SMILES string of the molecule is CCNC(=NCc1cccc(OCC(F)(F)F)c1)NCCCOC.I. The molecule has 0 amide bonds. The van der Waals surface area contributed by atoms with Crippen LogP contribution in [-0.4, -0.2) is 45.5 Å². The summed E-state index contributed by atoms with van der Waals surface area (Å²) in [5.74, 6) is 0.827. The number of methoxy groups -OCH3 is 1. The number of nitrogens with zero attached hydrogens (tertiary/aromatic N) is 1. The zero-order valence-electron chi connectivity index (χ0n) is 14.4. The van der Waals surface area contributed by atoms with Crippen LogP contribution in [0.4, 0.5) is 13.2 Å². The van der Waals surface area contributed by atoms with Crippen molar-refractivity contribution in [3.63, 3.8) is 0 Å². The molecule has 0 atom stereocenters. The summed E-state index contributed by atoms with van der Waals surface area (Å²) in [5, 5.41) is 6.27. The maximum absolute atomic E-state index is 12.2. The van der Waals surface area contributed by atoms with E-state index in [9.17, 15) is 13.2 Å². The van der Waals surface area contributed by atoms with Gasteiger partial charge in [-0.05, 0) is 31.0 Å². The van der Waals surface area contributed by atoms with Crippen LogP contribution in [0, 0.1) is 0 Å². The van der Waals surface area contributed by atoms with Crippen molar-refractivity contribution in [1.29, 1.82) is 0 Å². The molecule has 5 nitrogen and oxygen atoms in total. The molecule has 0 aliphatic rings. The van der Waals surface area contributed by atoms with Crippen LogP contribution in [0.5, 0.6) is 5.75 Å². The van der Waals surface area contributed by atoms with Gasteiger partial charge in [0.15, 0.2) is 12.6 Å². The van der Waals surface area contributed by atoms with Gasteiger partial charge in [-0.2, -0.15) is 13.2 Å². The second-order valence-corrected chi connectivity index (χ2v) is 5.02. The van der Waals surface area contributed by atoms with E-state index in [1.807, 2.05) is 6.92 Å². The number of alkyl halides is 3. The number of nitrogens with one attached hydrogen (secondary N) is 2. The van der Waals surface area contributed by atoms with Crippen LogP contribution in [0.1, 0.15) is 18.9 Å². The first-order chi connectivity index (χ1) is 11.4. The van der Waals surface area contributed by atoms with Crippen molar-refractivity contribution in [3.8, 4) is 5.75 Å². The van der Waals surface area contributed by atoms with Crippen LogP contribution in [0.25, 0.3) is 0 Å². The van der Waals surface area contributed by atoms with Gasteiger partial charge in [0, 0.05) is 26.8 Å². The number of benzene rings is 1. The predicted molar refractivity (Wildman–Crippen MR) is 103 cm³/mol. The molecule has 25 heavy (non-hydrogen) atoms. The fraction of sp³-hybridized carbons (Fsp3) is 0.562. The van der Waals surface area contributed by atoms with Crippen LogP contribution in [0.15, 0.2) is 29.3 Å². The Balaban J connectivity index is 0.00000576. The molecule has 0 unspecified atom stereocenters. The van der Waals surface area contributed by atoms with Gasteiger partial charge in [0.25, 0.3) is 0 Å². The Morgan fingerprint density at radius 1 is 1.24 bits per heavy atom. The molecular formula is C16H25F3IN3O2. The zero-order valence-corrected chi connectivity index (χ0v) is 16.7. The maximum atomic E-state index is 12.2. The third kappa shape index (κ3) is 11.9. The minimum Gasteiger partial charge on any atom is -0.484 e. The van der Waals surface area contributed by atoms with Crippen LogP contribution in [0.2, 0.25) is 0 Å². The van der Waals surface area contributed by atoms with Crippen LogP contribution in [-0.2, 0) is 11.3 Å². The van der Waals surface area contributed by atoms with E-state index in [0.717, 1.165) is 12.0 Å². The third-order valence-electron chi connectivity index (χ3n) is 2.88. The van der Waals surface area contributed by atoms with Crippen molar-refractivity contribution in [2.75, 3.05) is 33.4 Å². The Morgan fingerprint density at radius 2 is 2.00 bits per heavy atom. The van der Waals surface area contributed by atoms with E-state index in [1.165, 1.54) is 6.07 Å². The molecular weight excluding hydrogens is 450 g/mol. The molecule has 1 aromatic rings. The number of aliphatic imine (C=N–C) groups is 1. The molecule has 0 spiro atoms. The van der Waals surface area contributed by atoms with E-state index >= 15 is 0 Å². The number of hydrogen-bond donors (Lipinski definition) is 2. The molecule has 0 radical (unpaired) electrons. The molecule has 0 aliphatic heterocycles. The summed E-state index contributed by atoms with van der Waals surface area (Å²) in [6.45, 7) is 3.08. The monoisotopic (exact) mass is 475 g/mol. The number of halogens is 4. The molecule has 144 valence electrons. The van der Waals surface area contributed by atoms with Crippen molar-refractivity contribution in [2.45, 2.75) is 26.1 Å². The van der Waals surface area contributed by atoms with Crippen molar-refractivity contribution in [1.82, 2.24) is 10.6 Å². The second-order valence-electron chi connectivity index (χ2n) is 5.02. The van der Waals surface area contributed by atoms with Gasteiger partial charge in [-0.15, -0.1) is 24.0 Å². The first kappa shape index (κ1) is 23.8. The van der Waals surface area contributed by atoms with Crippen LogP contribution < -0.4 is 15.4 Å². The van der Waals surface area contributed by atoms with Crippen molar-refractivity contribution >= 4 is 29.9 Å². The topological polar surface area (TPSA) is 54.9 Å². The van der Waals surface area contributed by atoms with Crippen LogP contribution >= 0.6 is 24.0 Å². The van der Waals surface area contributed by atoms with Gasteiger partial charge in [-0.3, -0.25) is 0 Å². The zero-order chi connectivity index (χ0) is 17.8. The highest BCUT2D eigenvalue weighted by atomic mass is 127. The summed E-state index contributed by atoms with van der Waals surface area (Å²) in [6.07, 6.45) is -3.50. The molecule has 0 saturated carbocycles. The lowest BCUT2D eigenvalue weighted by Crippen LogP contribution is -2.38. The van der Waals surface area contributed by atoms with Gasteiger partial charge in [0.05, 0.1) is 6.54 Å². The number of rotatable bonds is 9. The summed E-state index contributed by atoms with van der Waals surface area (Å²) in [5.41, 5.74) is 0.767. The minimum absolute atomic E-state index is 0. The quantitative estimate of drug-likeness (QED) is 0.249. The standard InChI is InChI=1S/C16H24F3N3O2.HI/c1-3-20-15(21-8-5-9-23-2)22-11-13-6-4-7-14(10-13)24-12-16(17,18)19;/h4,6-7,10H,3,5,8-9,11-12H2,1-2H3,(H2,20,21,22);1H. The molecule has 0 saturated heterocycles. The lowest BCUT2D eigenvalue weighted by atomic mass is 10.2. The summed E-state index contributed by atoms with van der Waals surface area (Å²) in [6, 6.07) is 6.49. The lowest BCUT2D eigenvalue weighted by Gasteiger charge is -2.12. The maximum Gasteiger partial charge on any atom is 0.422 e. The Hall–Kier alpha value is -1.23. The highest BCUT2D eigenvalue weighted by molar-refractivity contribution is 14.0. The highest BCUT2D eigenvalue weighted by Crippen LogP contribution is 2.19. The number of guanidine groups is 1. The Morgan fingerprint density at radius 3 is 2.64 bits per heavy atom. The molecule has 9 heteroatoms. The van der Waals surface area contributed by atoms with Gasteiger partial charge < -0.3 is 20.1 Å². The average Bonchev–Trinajstić information content (AvgIpc) is 2.54. The van der Waals surface area contributed by atoms with Gasteiger partial charge in [-0.25, -0.2) is 4.99 Å². The third-order valence-corrected chi connectivity index (χ3v) is 2.88. The lowest BCUT2D eigenvalue weighted by molar-refractivity contribution is -0.153. The molecule has 0 bridgehead atoms. The normalized spacial score (nSPS) is 11.6. The molecule has 2 N–H and O–H groups in total. The van der Waals surface area contributed by atoms with Gasteiger partial charge >= 0.3 is 6.18 Å². The number of ether oxygens (including phenoxy) is 2. The molecule has 1 aromatic carbocycles. The predicted octanol–water partition coefficient (Wildman–Crippen LogP) is 3.34. The summed E-state index contributed by atoms with van der Waals surface area (Å²) < 4.78 is 46.3. The summed E-state index contributed by atoms with van der Waals surface area (Å²) in [4.78, 5) is 4.41. The first-order valence-corrected chi connectivity index (χ1v) is 7.74. The van der Waals surface area contributed by atoms with Gasteiger partial charge in [-0.1, -0.05) is 12.1 Å². The molecule has 0 aromatic heterocycles. The fourth-order valence-electron chi connectivity index (χ4n) is 1.83. The van der Waals surface area contributed by atoms with Gasteiger partial charge in [0.1, 0.15) is 5.75 Å². The van der Waals surface area contributed by atoms with E-state index in [-0.39, 0.29) is 29.7 Å². The van der Waals surface area contributed by atoms with E-state index < -0.39 is 12.8 Å². The Kier molecular flexibility index (Phi) is 12.4. The van der Waals surface area contributed by atoms with E-state index in [1.54, 1.807) is 25.3 Å². The molecule has 1 rings (SSSR count). The second kappa shape index (κ2) is 13.0. The molecule has 0 aliphatic carbocycles. The average molecular weight is 475 g/mol. The molecule has 0 heterocycles. The van der Waals surface area contributed by atoms with E-state index in [2.05, 4.69) is 15.6 Å².